The number of hydrogen-bond acceptors (Lipinski definition) is 10. The van der Waals surface area contributed by atoms with Crippen molar-refractivity contribution in [1.29, 1.82) is 0 Å². The number of benzene rings is 3. The number of amides is 3. The van der Waals surface area contributed by atoms with Gasteiger partial charge in [0.05, 0.1) is 11.3 Å². The Labute approximate surface area is 385 Å². The summed E-state index contributed by atoms with van der Waals surface area (Å²) in [6.07, 6.45) is 4.29. The lowest BCUT2D eigenvalue weighted by Crippen LogP contribution is -2.53. The van der Waals surface area contributed by atoms with Gasteiger partial charge in [-0.1, -0.05) is 12.1 Å². The van der Waals surface area contributed by atoms with E-state index < -0.39 is 57.0 Å². The first-order valence-electron chi connectivity index (χ1n) is 22.7. The summed E-state index contributed by atoms with van der Waals surface area (Å²) in [6.45, 7) is 7.63. The number of piperidine rings is 2. The summed E-state index contributed by atoms with van der Waals surface area (Å²) in [5.41, 5.74) is 3.91. The average Bonchev–Trinajstić information content (AvgIpc) is 4.05. The lowest BCUT2D eigenvalue weighted by atomic mass is 9.94. The first-order chi connectivity index (χ1) is 32.2. The monoisotopic (exact) mass is 937 g/mol. The largest absolute Gasteiger partial charge is 0.372 e. The maximum Gasteiger partial charge on any atom is 0.301 e. The third kappa shape index (κ3) is 8.63. The van der Waals surface area contributed by atoms with Crippen LogP contribution in [0.25, 0.3) is 22.2 Å². The van der Waals surface area contributed by atoms with Gasteiger partial charge in [-0.05, 0) is 98.2 Å². The molecule has 3 amide bonds. The zero-order chi connectivity index (χ0) is 46.7. The number of nitrogens with zero attached hydrogens (tertiary/aromatic N) is 6. The normalized spacial score (nSPS) is 22.2. The fourth-order valence-corrected chi connectivity index (χ4v) is 11.5. The van der Waals surface area contributed by atoms with E-state index in [1.54, 1.807) is 17.2 Å². The number of H-pyrrole nitrogens is 1. The second-order valence-corrected chi connectivity index (χ2v) is 20.0. The molecule has 5 aromatic rings. The molecule has 0 spiro atoms. The summed E-state index contributed by atoms with van der Waals surface area (Å²) in [5, 5.41) is 2.70. The number of anilines is 3. The number of piperazine rings is 1. The molecule has 4 fully saturated rings. The van der Waals surface area contributed by atoms with Crippen LogP contribution in [0.15, 0.2) is 73.1 Å². The smallest absolute Gasteiger partial charge is 0.301 e. The number of halogens is 3. The lowest BCUT2D eigenvalue weighted by Gasteiger charge is -2.43. The molecule has 3 atom stereocenters. The van der Waals surface area contributed by atoms with Gasteiger partial charge in [0.1, 0.15) is 23.7 Å². The van der Waals surface area contributed by atoms with E-state index >= 15 is 8.78 Å². The zero-order valence-electron chi connectivity index (χ0n) is 36.8. The van der Waals surface area contributed by atoms with Crippen molar-refractivity contribution in [3.05, 3.63) is 107 Å². The number of carbonyl (C=O) groups is 4. The fourth-order valence-electron chi connectivity index (χ4n) is 10.3. The summed E-state index contributed by atoms with van der Waals surface area (Å²) in [6, 6.07) is 17.1. The van der Waals surface area contributed by atoms with E-state index in [4.69, 9.17) is 0 Å². The van der Waals surface area contributed by atoms with E-state index in [0.717, 1.165) is 91.0 Å². The van der Waals surface area contributed by atoms with E-state index in [1.807, 2.05) is 29.0 Å². The standard InChI is InChI=1S/C48H50F3N9O6S/c1-28-24-58(35-6-7-36-32(20-35)26-60(48(36)64)41-10-11-42(61)54-47(41)63)19-18-57(28)25-29-12-15-56(16-13-29)34-4-2-30(3-5-34)31-21-37-38(23-53-46(37)52-22-31)45(62)43-39(50)8-9-40(44(43)51)55-67(65,66)59-17-14-33(49)27-59/h2-9,20-23,28-29,33,41,55H,10-19,24-27H2,1H3,(H,52,53)(H,54,61,63)/t28-,33-,41?/m1/s1. The molecule has 350 valence electrons. The molecule has 0 aliphatic carbocycles. The van der Waals surface area contributed by atoms with Crippen LogP contribution >= 0.6 is 0 Å². The molecule has 0 radical (unpaired) electrons. The Morgan fingerprint density at radius 3 is 2.37 bits per heavy atom. The first kappa shape index (κ1) is 44.5. The molecule has 15 nitrogen and oxygen atoms in total. The van der Waals surface area contributed by atoms with Crippen LogP contribution in [0.4, 0.5) is 30.2 Å². The highest BCUT2D eigenvalue weighted by Gasteiger charge is 2.40. The van der Waals surface area contributed by atoms with Gasteiger partial charge in [-0.2, -0.15) is 12.7 Å². The number of aromatic amines is 1. The Morgan fingerprint density at radius 1 is 0.866 bits per heavy atom. The highest BCUT2D eigenvalue weighted by molar-refractivity contribution is 7.90. The first-order valence-corrected chi connectivity index (χ1v) is 24.2. The van der Waals surface area contributed by atoms with Crippen molar-refractivity contribution < 1.29 is 40.8 Å². The minimum absolute atomic E-state index is 0.00318. The molecule has 0 saturated carbocycles. The van der Waals surface area contributed by atoms with Crippen molar-refractivity contribution in [2.45, 2.75) is 63.8 Å². The molecular formula is C48H50F3N9O6S. The predicted molar refractivity (Wildman–Crippen MR) is 246 cm³/mol. The number of hydrogen-bond donors (Lipinski definition) is 3. The Hall–Kier alpha value is -6.31. The van der Waals surface area contributed by atoms with Gasteiger partial charge in [0, 0.05) is 117 Å². The summed E-state index contributed by atoms with van der Waals surface area (Å²) in [5.74, 6) is -3.87. The average molecular weight is 938 g/mol. The fraction of sp³-hybridized carbons (Fsp3) is 0.396. The number of fused-ring (bicyclic) bond motifs is 2. The number of nitrogens with one attached hydrogen (secondary N) is 3. The minimum atomic E-state index is -4.36. The number of aromatic nitrogens is 2. The topological polar surface area (TPSA) is 171 Å². The van der Waals surface area contributed by atoms with Crippen LogP contribution in [0.2, 0.25) is 0 Å². The molecule has 67 heavy (non-hydrogen) atoms. The van der Waals surface area contributed by atoms with Crippen molar-refractivity contribution in [3.8, 4) is 11.1 Å². The van der Waals surface area contributed by atoms with Crippen molar-refractivity contribution in [1.82, 2.24) is 29.4 Å². The van der Waals surface area contributed by atoms with Gasteiger partial charge in [0.15, 0.2) is 5.82 Å². The molecule has 5 aliphatic heterocycles. The van der Waals surface area contributed by atoms with Crippen LogP contribution in [-0.2, 0) is 26.3 Å². The summed E-state index contributed by atoms with van der Waals surface area (Å²) in [4.78, 5) is 67.5. The molecule has 2 aromatic heterocycles. The van der Waals surface area contributed by atoms with Gasteiger partial charge in [-0.3, -0.25) is 34.1 Å². The molecule has 3 aromatic carbocycles. The number of carbonyl (C=O) groups excluding carboxylic acids is 4. The van der Waals surface area contributed by atoms with Crippen LogP contribution in [-0.4, -0.2) is 127 Å². The summed E-state index contributed by atoms with van der Waals surface area (Å²) in [7, 11) is -4.36. The Balaban J connectivity index is 0.739. The van der Waals surface area contributed by atoms with Crippen molar-refractivity contribution >= 4 is 61.8 Å². The zero-order valence-corrected chi connectivity index (χ0v) is 37.6. The quantitative estimate of drug-likeness (QED) is 0.112. The van der Waals surface area contributed by atoms with E-state index in [2.05, 4.69) is 55.1 Å². The van der Waals surface area contributed by atoms with Gasteiger partial charge in [-0.15, -0.1) is 0 Å². The molecule has 3 N–H and O–H groups in total. The minimum Gasteiger partial charge on any atom is -0.372 e. The number of imide groups is 1. The van der Waals surface area contributed by atoms with E-state index in [-0.39, 0.29) is 43.3 Å². The summed E-state index contributed by atoms with van der Waals surface area (Å²) < 4.78 is 73.2. The third-order valence-electron chi connectivity index (χ3n) is 14.1. The van der Waals surface area contributed by atoms with Gasteiger partial charge in [0.25, 0.3) is 5.91 Å². The van der Waals surface area contributed by atoms with Crippen LogP contribution in [0.5, 0.6) is 0 Å². The highest BCUT2D eigenvalue weighted by Crippen LogP contribution is 2.34. The van der Waals surface area contributed by atoms with Crippen molar-refractivity contribution in [2.75, 3.05) is 66.9 Å². The molecule has 0 bridgehead atoms. The SMILES string of the molecule is C[C@@H]1CN(c2ccc3c(c2)CN(C2CCC(=O)NC2=O)C3=O)CCN1CC1CCN(c2ccc(-c3cnc4[nH]cc(C(=O)c5c(F)ccc(NS(=O)(=O)N6CC[C@@H](F)C6)c5F)c4c3)cc2)CC1. The van der Waals surface area contributed by atoms with Crippen molar-refractivity contribution in [3.63, 3.8) is 0 Å². The number of rotatable bonds is 11. The van der Waals surface area contributed by atoms with E-state index in [9.17, 15) is 32.0 Å². The Kier molecular flexibility index (Phi) is 11.8. The number of alkyl halides is 1. The molecule has 5 aliphatic rings. The third-order valence-corrected chi connectivity index (χ3v) is 15.6. The van der Waals surface area contributed by atoms with Crippen LogP contribution in [0.1, 0.15) is 70.9 Å². The molecule has 1 unspecified atom stereocenters. The number of pyridine rings is 1. The van der Waals surface area contributed by atoms with Crippen molar-refractivity contribution in [2.24, 2.45) is 5.92 Å². The second kappa shape index (κ2) is 17.7. The Bertz CT molecular complexity index is 2910. The molecule has 7 heterocycles. The van der Waals surface area contributed by atoms with Gasteiger partial charge in [0.2, 0.25) is 17.6 Å². The van der Waals surface area contributed by atoms with Crippen LogP contribution in [0.3, 0.4) is 0 Å². The van der Waals surface area contributed by atoms with E-state index in [0.29, 0.717) is 47.1 Å². The molecule has 19 heteroatoms. The van der Waals surface area contributed by atoms with Gasteiger partial charge >= 0.3 is 10.2 Å². The molecule has 4 saturated heterocycles. The van der Waals surface area contributed by atoms with Crippen LogP contribution < -0.4 is 19.8 Å². The van der Waals surface area contributed by atoms with Gasteiger partial charge in [-0.25, -0.2) is 18.2 Å². The van der Waals surface area contributed by atoms with Gasteiger partial charge < -0.3 is 19.7 Å². The van der Waals surface area contributed by atoms with Crippen LogP contribution in [0, 0.1) is 17.6 Å². The maximum atomic E-state index is 15.8. The molecular weight excluding hydrogens is 888 g/mol. The predicted octanol–water partition coefficient (Wildman–Crippen LogP) is 5.63. The van der Waals surface area contributed by atoms with E-state index in [1.165, 1.54) is 6.20 Å². The highest BCUT2D eigenvalue weighted by atomic mass is 32.2. The number of ketones is 1. The summed E-state index contributed by atoms with van der Waals surface area (Å²) >= 11 is 0. The Morgan fingerprint density at radius 2 is 1.64 bits per heavy atom. The maximum absolute atomic E-state index is 15.8. The second-order valence-electron chi connectivity index (χ2n) is 18.3. The lowest BCUT2D eigenvalue weighted by molar-refractivity contribution is -0.136. The molecule has 10 rings (SSSR count).